The first-order valence-electron chi connectivity index (χ1n) is 19.9. The topological polar surface area (TPSA) is 44.5 Å². The van der Waals surface area contributed by atoms with Crippen molar-refractivity contribution in [3.05, 3.63) is 48.6 Å². The van der Waals surface area contributed by atoms with E-state index in [1.807, 2.05) is 0 Å². The highest BCUT2D eigenvalue weighted by Crippen LogP contribution is 2.43. The molecule has 260 valence electrons. The van der Waals surface area contributed by atoms with E-state index in [9.17, 15) is 0 Å². The summed E-state index contributed by atoms with van der Waals surface area (Å²) in [7, 11) is 0. The summed E-state index contributed by atoms with van der Waals surface area (Å²) in [5, 5.41) is 0. The van der Waals surface area contributed by atoms with Crippen LogP contribution in [0.5, 0.6) is 0 Å². The second-order valence-corrected chi connectivity index (χ2v) is 14.1. The summed E-state index contributed by atoms with van der Waals surface area (Å²) in [5.41, 5.74) is 6.22. The van der Waals surface area contributed by atoms with Gasteiger partial charge < -0.3 is 15.2 Å². The molecule has 2 N–H and O–H groups in total. The highest BCUT2D eigenvalue weighted by Gasteiger charge is 2.50. The van der Waals surface area contributed by atoms with E-state index < -0.39 is 0 Å². The van der Waals surface area contributed by atoms with Crippen molar-refractivity contribution in [3.63, 3.8) is 0 Å². The quantitative estimate of drug-likeness (QED) is 0.0638. The van der Waals surface area contributed by atoms with Crippen LogP contribution in [0.1, 0.15) is 194 Å². The first-order chi connectivity index (χ1) is 22.2. The molecular formula is C42H75NO2. The fraction of sp³-hybridized carbons (Fsp3) is 0.810. The monoisotopic (exact) mass is 626 g/mol. The van der Waals surface area contributed by atoms with Crippen LogP contribution in [-0.2, 0) is 9.47 Å². The number of rotatable bonds is 30. The minimum atomic E-state index is -0.333. The predicted molar refractivity (Wildman–Crippen MR) is 198 cm³/mol. The van der Waals surface area contributed by atoms with Gasteiger partial charge in [-0.2, -0.15) is 0 Å². The zero-order valence-corrected chi connectivity index (χ0v) is 30.0. The molecule has 3 nitrogen and oxygen atoms in total. The number of hydrogen-bond acceptors (Lipinski definition) is 3. The van der Waals surface area contributed by atoms with Crippen LogP contribution in [0.4, 0.5) is 0 Å². The average Bonchev–Trinajstić information content (AvgIpc) is 3.54. The fourth-order valence-corrected chi connectivity index (χ4v) is 6.95. The third kappa shape index (κ3) is 20.6. The number of unbranched alkanes of at least 4 members (excludes halogenated alkanes) is 18. The highest BCUT2D eigenvalue weighted by molar-refractivity contribution is 4.96. The van der Waals surface area contributed by atoms with Crippen LogP contribution in [-0.4, -0.2) is 24.0 Å². The Kier molecular flexibility index (Phi) is 24.8. The Balaban J connectivity index is 1.50. The molecule has 1 unspecified atom stereocenters. The summed E-state index contributed by atoms with van der Waals surface area (Å²) in [6.07, 6.45) is 54.2. The Labute approximate surface area is 280 Å². The van der Waals surface area contributed by atoms with Gasteiger partial charge in [-0.05, 0) is 89.9 Å². The van der Waals surface area contributed by atoms with Crippen molar-refractivity contribution in [1.82, 2.24) is 0 Å². The minimum absolute atomic E-state index is 0.231. The third-order valence-corrected chi connectivity index (χ3v) is 9.73. The molecule has 1 saturated heterocycles. The molecule has 2 rings (SSSR count). The number of hydrogen-bond donors (Lipinski definition) is 1. The van der Waals surface area contributed by atoms with Gasteiger partial charge in [0.05, 0.1) is 12.2 Å². The van der Waals surface area contributed by atoms with Crippen molar-refractivity contribution < 1.29 is 9.47 Å². The van der Waals surface area contributed by atoms with Crippen LogP contribution >= 0.6 is 0 Å². The molecule has 0 bridgehead atoms. The van der Waals surface area contributed by atoms with Gasteiger partial charge in [0.15, 0.2) is 5.79 Å². The highest BCUT2D eigenvalue weighted by atomic mass is 16.8. The van der Waals surface area contributed by atoms with Crippen LogP contribution < -0.4 is 5.73 Å². The van der Waals surface area contributed by atoms with Gasteiger partial charge in [0, 0.05) is 18.9 Å². The second kappa shape index (κ2) is 27.9. The van der Waals surface area contributed by atoms with E-state index in [-0.39, 0.29) is 24.0 Å². The van der Waals surface area contributed by atoms with E-state index in [1.54, 1.807) is 0 Å². The van der Waals surface area contributed by atoms with Crippen molar-refractivity contribution in [2.24, 2.45) is 5.73 Å². The molecule has 2 fully saturated rings. The molecule has 45 heavy (non-hydrogen) atoms. The molecule has 0 aromatic heterocycles. The molecule has 0 aromatic rings. The van der Waals surface area contributed by atoms with E-state index in [2.05, 4.69) is 62.5 Å². The number of ether oxygens (including phenoxy) is 2. The van der Waals surface area contributed by atoms with Crippen LogP contribution in [0.25, 0.3) is 0 Å². The van der Waals surface area contributed by atoms with Crippen molar-refractivity contribution in [3.8, 4) is 0 Å². The molecule has 0 amide bonds. The molecule has 2 aliphatic rings. The first-order valence-corrected chi connectivity index (χ1v) is 19.9. The standard InChI is InChI=1S/C42H75NO2/c1-3-5-7-9-11-13-15-17-19-21-23-25-27-29-31-33-35-42(44-40-37-39(43)38-41(40)45-42)36-34-32-30-28-26-24-22-20-18-16-14-12-10-8-6-4-2/h11-14,17-20,39-41H,3-10,15-16,21-38,43H2,1-2H3/b13-11-,14-12-,19-17-,20-18-/t39?,40-,41+. The van der Waals surface area contributed by atoms with Gasteiger partial charge in [0.1, 0.15) is 0 Å². The largest absolute Gasteiger partial charge is 0.344 e. The van der Waals surface area contributed by atoms with Crippen LogP contribution in [0, 0.1) is 0 Å². The zero-order valence-electron chi connectivity index (χ0n) is 30.0. The van der Waals surface area contributed by atoms with Crippen LogP contribution in [0.15, 0.2) is 48.6 Å². The molecule has 0 spiro atoms. The zero-order chi connectivity index (χ0) is 32.1. The maximum Gasteiger partial charge on any atom is 0.169 e. The summed E-state index contributed by atoms with van der Waals surface area (Å²) in [5.74, 6) is -0.333. The normalized spacial score (nSPS) is 21.4. The van der Waals surface area contributed by atoms with Gasteiger partial charge >= 0.3 is 0 Å². The lowest BCUT2D eigenvalue weighted by atomic mass is 9.98. The third-order valence-electron chi connectivity index (χ3n) is 9.73. The summed E-state index contributed by atoms with van der Waals surface area (Å²) in [6.45, 7) is 4.53. The Hall–Kier alpha value is -1.16. The average molecular weight is 626 g/mol. The van der Waals surface area contributed by atoms with E-state index in [0.29, 0.717) is 0 Å². The molecule has 1 aliphatic heterocycles. The maximum absolute atomic E-state index is 6.66. The molecule has 1 aliphatic carbocycles. The van der Waals surface area contributed by atoms with Crippen LogP contribution in [0.2, 0.25) is 0 Å². The predicted octanol–water partition coefficient (Wildman–Crippen LogP) is 13.0. The second-order valence-electron chi connectivity index (χ2n) is 14.1. The van der Waals surface area contributed by atoms with Gasteiger partial charge in [-0.1, -0.05) is 140 Å². The van der Waals surface area contributed by atoms with Crippen LogP contribution in [0.3, 0.4) is 0 Å². The Morgan fingerprint density at radius 2 is 0.800 bits per heavy atom. The molecule has 1 saturated carbocycles. The lowest BCUT2D eigenvalue weighted by Gasteiger charge is -2.30. The summed E-state index contributed by atoms with van der Waals surface area (Å²) in [4.78, 5) is 0. The van der Waals surface area contributed by atoms with Gasteiger partial charge in [-0.25, -0.2) is 0 Å². The van der Waals surface area contributed by atoms with Crippen molar-refractivity contribution in [2.75, 3.05) is 0 Å². The lowest BCUT2D eigenvalue weighted by Crippen LogP contribution is -2.33. The van der Waals surface area contributed by atoms with Gasteiger partial charge in [0.2, 0.25) is 0 Å². The SMILES string of the molecule is CCCCC/C=C\C/C=C\CCCCCCCCC1(CCCCCCCC/C=C\C/C=C\CCCCC)O[C@H]2CC(N)C[C@H]2O1. The molecule has 0 radical (unpaired) electrons. The van der Waals surface area contributed by atoms with E-state index in [1.165, 1.54) is 141 Å². The lowest BCUT2D eigenvalue weighted by molar-refractivity contribution is -0.191. The summed E-state index contributed by atoms with van der Waals surface area (Å²) >= 11 is 0. The molecule has 1 heterocycles. The number of nitrogens with two attached hydrogens (primary N) is 1. The Morgan fingerprint density at radius 3 is 1.18 bits per heavy atom. The van der Waals surface area contributed by atoms with Gasteiger partial charge in [-0.15, -0.1) is 0 Å². The molecule has 0 aromatic carbocycles. The summed E-state index contributed by atoms with van der Waals surface area (Å²) in [6, 6.07) is 0.252. The van der Waals surface area contributed by atoms with Crippen molar-refractivity contribution in [2.45, 2.75) is 218 Å². The van der Waals surface area contributed by atoms with Gasteiger partial charge in [-0.3, -0.25) is 0 Å². The first kappa shape index (κ1) is 40.0. The molecule has 3 heteroatoms. The van der Waals surface area contributed by atoms with E-state index >= 15 is 0 Å². The summed E-state index contributed by atoms with van der Waals surface area (Å²) < 4.78 is 13.3. The minimum Gasteiger partial charge on any atom is -0.344 e. The van der Waals surface area contributed by atoms with Crippen molar-refractivity contribution in [1.29, 1.82) is 0 Å². The van der Waals surface area contributed by atoms with E-state index in [4.69, 9.17) is 15.2 Å². The molecule has 3 atom stereocenters. The Bertz CT molecular complexity index is 720. The molecular weight excluding hydrogens is 550 g/mol. The van der Waals surface area contributed by atoms with Crippen molar-refractivity contribution >= 4 is 0 Å². The van der Waals surface area contributed by atoms with E-state index in [0.717, 1.165) is 38.5 Å². The Morgan fingerprint density at radius 1 is 0.467 bits per heavy atom. The maximum atomic E-state index is 6.66. The fourth-order valence-electron chi connectivity index (χ4n) is 6.95. The number of allylic oxidation sites excluding steroid dienone is 8. The van der Waals surface area contributed by atoms with Gasteiger partial charge in [0.25, 0.3) is 0 Å². The smallest absolute Gasteiger partial charge is 0.169 e. The number of fused-ring (bicyclic) bond motifs is 1.